The van der Waals surface area contributed by atoms with Gasteiger partial charge in [-0.1, -0.05) is 35.9 Å². The summed E-state index contributed by atoms with van der Waals surface area (Å²) in [5.74, 6) is -4.82. The summed E-state index contributed by atoms with van der Waals surface area (Å²) in [7, 11) is 1.09. The summed E-state index contributed by atoms with van der Waals surface area (Å²) in [5, 5.41) is 12.4. The van der Waals surface area contributed by atoms with Gasteiger partial charge in [-0.05, 0) is 35.9 Å². The maximum Gasteiger partial charge on any atom is 0.416 e. The third-order valence-electron chi connectivity index (χ3n) is 7.51. The fourth-order valence-corrected chi connectivity index (χ4v) is 5.54. The summed E-state index contributed by atoms with van der Waals surface area (Å²) in [6.07, 6.45) is -5.41. The Morgan fingerprint density at radius 1 is 1.15 bits per heavy atom. The molecule has 2 atom stereocenters. The Hall–Kier alpha value is -4.80. The molecule has 1 saturated heterocycles. The summed E-state index contributed by atoms with van der Waals surface area (Å²) in [6.45, 7) is -1.06. The molecule has 1 amide bonds. The summed E-state index contributed by atoms with van der Waals surface area (Å²) in [5.41, 5.74) is 1.44. The Morgan fingerprint density at radius 2 is 1.87 bits per heavy atom. The van der Waals surface area contributed by atoms with E-state index in [1.807, 2.05) is 6.07 Å². The first kappa shape index (κ1) is 32.6. The van der Waals surface area contributed by atoms with Crippen molar-refractivity contribution >= 4 is 40.1 Å². The lowest BCUT2D eigenvalue weighted by atomic mass is 9.94. The molecule has 1 unspecified atom stereocenters. The Morgan fingerprint density at radius 3 is 2.52 bits per heavy atom. The largest absolute Gasteiger partial charge is 0.467 e. The van der Waals surface area contributed by atoms with Crippen LogP contribution in [0.2, 0.25) is 5.02 Å². The van der Waals surface area contributed by atoms with Gasteiger partial charge in [-0.15, -0.1) is 0 Å². The van der Waals surface area contributed by atoms with Crippen LogP contribution >= 0.6 is 11.6 Å². The fourth-order valence-electron chi connectivity index (χ4n) is 5.26. The van der Waals surface area contributed by atoms with E-state index in [9.17, 15) is 28.0 Å². The van der Waals surface area contributed by atoms with Crippen LogP contribution in [0.1, 0.15) is 21.5 Å². The van der Waals surface area contributed by atoms with E-state index in [1.165, 1.54) is 6.07 Å². The fraction of sp³-hybridized carbons (Fsp3) is 0.250. The number of nitriles is 1. The summed E-state index contributed by atoms with van der Waals surface area (Å²) >= 11 is 6.44. The number of nitrogens with one attached hydrogen (secondary N) is 1. The molecule has 2 heterocycles. The lowest BCUT2D eigenvalue weighted by Crippen LogP contribution is -2.49. The van der Waals surface area contributed by atoms with E-state index in [0.29, 0.717) is 38.2 Å². The number of amides is 1. The molecule has 1 aliphatic heterocycles. The molecule has 1 fully saturated rings. The van der Waals surface area contributed by atoms with Crippen molar-refractivity contribution in [3.05, 3.63) is 94.1 Å². The number of rotatable bonds is 7. The minimum Gasteiger partial charge on any atom is -0.467 e. The molecule has 0 radical (unpaired) electrons. The molecule has 5 rings (SSSR count). The first-order valence-corrected chi connectivity index (χ1v) is 14.2. The van der Waals surface area contributed by atoms with Gasteiger partial charge in [-0.25, -0.2) is 13.6 Å². The second-order valence-corrected chi connectivity index (χ2v) is 10.8. The van der Waals surface area contributed by atoms with Crippen LogP contribution < -0.4 is 10.2 Å². The average Bonchev–Trinajstić information content (AvgIpc) is 3.03. The van der Waals surface area contributed by atoms with Gasteiger partial charge in [-0.2, -0.15) is 18.4 Å². The van der Waals surface area contributed by atoms with Crippen molar-refractivity contribution in [1.29, 1.82) is 5.26 Å². The molecule has 1 aromatic heterocycles. The van der Waals surface area contributed by atoms with Crippen molar-refractivity contribution in [2.24, 2.45) is 0 Å². The molecular weight excluding hydrogens is 635 g/mol. The molecule has 0 saturated carbocycles. The Balaban J connectivity index is 1.42. The number of halogens is 6. The van der Waals surface area contributed by atoms with Crippen LogP contribution in [0.3, 0.4) is 0 Å². The van der Waals surface area contributed by atoms with Crippen LogP contribution in [0.5, 0.6) is 0 Å². The van der Waals surface area contributed by atoms with Gasteiger partial charge in [0, 0.05) is 46.4 Å². The number of ether oxygens (including phenoxy) is 2. The number of esters is 1. The van der Waals surface area contributed by atoms with Gasteiger partial charge >= 0.3 is 12.1 Å². The quantitative estimate of drug-likeness (QED) is 0.192. The third kappa shape index (κ3) is 6.73. The van der Waals surface area contributed by atoms with Gasteiger partial charge in [0.2, 0.25) is 0 Å². The van der Waals surface area contributed by atoms with E-state index < -0.39 is 53.9 Å². The van der Waals surface area contributed by atoms with Gasteiger partial charge in [0.25, 0.3) is 5.91 Å². The Kier molecular flexibility index (Phi) is 9.41. The van der Waals surface area contributed by atoms with Crippen molar-refractivity contribution in [3.8, 4) is 17.2 Å². The molecule has 14 heteroatoms. The summed E-state index contributed by atoms with van der Waals surface area (Å²) in [4.78, 5) is 31.5. The topological polar surface area (TPSA) is 105 Å². The molecule has 8 nitrogen and oxygen atoms in total. The molecule has 238 valence electrons. The molecule has 4 aromatic rings. The van der Waals surface area contributed by atoms with Gasteiger partial charge in [-0.3, -0.25) is 9.78 Å². The van der Waals surface area contributed by atoms with Crippen molar-refractivity contribution in [1.82, 2.24) is 10.3 Å². The smallest absolute Gasteiger partial charge is 0.416 e. The summed E-state index contributed by atoms with van der Waals surface area (Å²) in [6, 6.07) is 13.8. The molecule has 3 aromatic carbocycles. The number of aromatic nitrogens is 1. The molecule has 1 aliphatic rings. The number of hydrogen-bond acceptors (Lipinski definition) is 7. The van der Waals surface area contributed by atoms with Gasteiger partial charge < -0.3 is 19.7 Å². The molecular formula is C32H24ClF5N4O4. The van der Waals surface area contributed by atoms with Crippen molar-refractivity contribution < 1.29 is 41.0 Å². The number of benzene rings is 3. The lowest BCUT2D eigenvalue weighted by Gasteiger charge is -2.35. The number of morpholine rings is 1. The number of alkyl halides is 3. The van der Waals surface area contributed by atoms with Crippen LogP contribution in [0.25, 0.3) is 22.0 Å². The molecule has 46 heavy (non-hydrogen) atoms. The van der Waals surface area contributed by atoms with Gasteiger partial charge in [0.1, 0.15) is 23.2 Å². The number of pyridine rings is 1. The maximum atomic E-state index is 15.2. The highest BCUT2D eigenvalue weighted by atomic mass is 35.5. The minimum absolute atomic E-state index is 0.0552. The van der Waals surface area contributed by atoms with Crippen LogP contribution in [-0.4, -0.2) is 62.0 Å². The summed E-state index contributed by atoms with van der Waals surface area (Å²) < 4.78 is 79.4. The second kappa shape index (κ2) is 13.3. The Bertz CT molecular complexity index is 1840. The zero-order valence-electron chi connectivity index (χ0n) is 24.0. The predicted octanol–water partition coefficient (Wildman–Crippen LogP) is 5.99. The zero-order chi connectivity index (χ0) is 33.2. The molecule has 0 bridgehead atoms. The maximum absolute atomic E-state index is 15.2. The highest BCUT2D eigenvalue weighted by Gasteiger charge is 2.43. The number of hydrogen-bond donors (Lipinski definition) is 1. The van der Waals surface area contributed by atoms with Crippen LogP contribution in [-0.2, 0) is 20.7 Å². The molecule has 1 N–H and O–H groups in total. The van der Waals surface area contributed by atoms with Crippen LogP contribution in [0.15, 0.2) is 60.8 Å². The van der Waals surface area contributed by atoms with E-state index >= 15 is 8.78 Å². The van der Waals surface area contributed by atoms with E-state index in [4.69, 9.17) is 21.1 Å². The van der Waals surface area contributed by atoms with E-state index in [1.54, 1.807) is 42.6 Å². The number of fused-ring (bicyclic) bond motifs is 1. The number of methoxy groups -OCH3 is 1. The van der Waals surface area contributed by atoms with Gasteiger partial charge in [0.15, 0.2) is 6.10 Å². The minimum atomic E-state index is -4.67. The predicted molar refractivity (Wildman–Crippen MR) is 158 cm³/mol. The van der Waals surface area contributed by atoms with Crippen molar-refractivity contribution in [2.45, 2.75) is 24.7 Å². The SMILES string of the molecule is COC(=O)[C@H](Cc1ccc(-c2ccc(C#N)cc2Cl)c2ncccc12)NC(=O)c1c(F)cc(N2CCOC(C(F)(F)F)C2)cc1F. The molecule has 0 aliphatic carbocycles. The average molecular weight is 659 g/mol. The highest BCUT2D eigenvalue weighted by Crippen LogP contribution is 2.35. The Labute approximate surface area is 264 Å². The standard InChI is InChI=1S/C32H24ClF5N4O4/c1-45-31(44)26(12-18-5-7-22(29-20(18)3-2-8-40-29)21-6-4-17(15-39)11-23(21)33)41-30(43)28-24(34)13-19(14-25(28)35)42-9-10-46-27(16-42)32(36,37)38/h2-8,11,13-14,26-27H,9-10,12,16H2,1H3,(H,41,43)/t26-,27?/m0/s1. The van der Waals surface area contributed by atoms with Crippen LogP contribution in [0, 0.1) is 23.0 Å². The number of nitrogens with zero attached hydrogens (tertiary/aromatic N) is 3. The third-order valence-corrected chi connectivity index (χ3v) is 7.83. The first-order valence-electron chi connectivity index (χ1n) is 13.8. The molecule has 0 spiro atoms. The lowest BCUT2D eigenvalue weighted by molar-refractivity contribution is -0.221. The van der Waals surface area contributed by atoms with Gasteiger partial charge in [0.05, 0.1) is 37.4 Å². The zero-order valence-corrected chi connectivity index (χ0v) is 24.8. The van der Waals surface area contributed by atoms with E-state index in [-0.39, 0.29) is 25.3 Å². The van der Waals surface area contributed by atoms with Crippen LogP contribution in [0.4, 0.5) is 27.6 Å². The van der Waals surface area contributed by atoms with E-state index in [0.717, 1.165) is 24.1 Å². The highest BCUT2D eigenvalue weighted by molar-refractivity contribution is 6.33. The second-order valence-electron chi connectivity index (χ2n) is 10.4. The first-order chi connectivity index (χ1) is 21.9. The van der Waals surface area contributed by atoms with E-state index in [2.05, 4.69) is 10.3 Å². The number of carbonyl (C=O) groups excluding carboxylic acids is 2. The van der Waals surface area contributed by atoms with Crippen molar-refractivity contribution in [2.75, 3.05) is 31.7 Å². The number of anilines is 1. The normalized spacial score (nSPS) is 15.7. The van der Waals surface area contributed by atoms with Crippen molar-refractivity contribution in [3.63, 3.8) is 0 Å². The monoisotopic (exact) mass is 658 g/mol. The number of carbonyl (C=O) groups is 2.